The lowest BCUT2D eigenvalue weighted by atomic mass is 10.2. The predicted octanol–water partition coefficient (Wildman–Crippen LogP) is 4.36. The van der Waals surface area contributed by atoms with Crippen LogP contribution in [0.3, 0.4) is 0 Å². The van der Waals surface area contributed by atoms with Gasteiger partial charge >= 0.3 is 6.18 Å². The second kappa shape index (κ2) is 6.99. The summed E-state index contributed by atoms with van der Waals surface area (Å²) in [5, 5.41) is 20.7. The van der Waals surface area contributed by atoms with Gasteiger partial charge in [-0.05, 0) is 43.3 Å². The van der Waals surface area contributed by atoms with Crippen molar-refractivity contribution in [3.8, 4) is 11.4 Å². The highest BCUT2D eigenvalue weighted by Gasteiger charge is 2.38. The number of rotatable bonds is 3. The molecule has 29 heavy (non-hydrogen) atoms. The third kappa shape index (κ3) is 3.33. The van der Waals surface area contributed by atoms with Crippen molar-refractivity contribution in [3.63, 3.8) is 0 Å². The van der Waals surface area contributed by atoms with Crippen molar-refractivity contribution in [2.45, 2.75) is 30.2 Å². The van der Waals surface area contributed by atoms with Crippen LogP contribution in [-0.2, 0) is 13.2 Å². The van der Waals surface area contributed by atoms with Crippen LogP contribution in [0.2, 0.25) is 5.02 Å². The molecule has 0 fully saturated rings. The van der Waals surface area contributed by atoms with Gasteiger partial charge in [0.05, 0.1) is 5.02 Å². The normalized spacial score (nSPS) is 12.1. The Hall–Kier alpha value is -2.66. The standard InChI is InChI=1S/C17H13ClF3N7S/c1-8-9(2)14(26-28-12(8)22-24-15(28)17(19,20)21)29-16-25-23-13(27(16)3)10-6-4-5-7-11(10)18/h4-7H,1-3H3. The first-order valence-corrected chi connectivity index (χ1v) is 9.50. The molecule has 0 amide bonds. The summed E-state index contributed by atoms with van der Waals surface area (Å²) < 4.78 is 42.1. The molecule has 0 bridgehead atoms. The largest absolute Gasteiger partial charge is 0.453 e. The Morgan fingerprint density at radius 2 is 1.72 bits per heavy atom. The van der Waals surface area contributed by atoms with E-state index in [1.165, 1.54) is 0 Å². The van der Waals surface area contributed by atoms with Crippen molar-refractivity contribution >= 4 is 29.0 Å². The van der Waals surface area contributed by atoms with Crippen LogP contribution in [-0.4, -0.2) is 34.6 Å². The van der Waals surface area contributed by atoms with Crippen LogP contribution >= 0.6 is 23.4 Å². The van der Waals surface area contributed by atoms with Gasteiger partial charge < -0.3 is 4.57 Å². The molecule has 150 valence electrons. The fourth-order valence-electron chi connectivity index (χ4n) is 2.74. The topological polar surface area (TPSA) is 73.8 Å². The number of halogens is 4. The minimum absolute atomic E-state index is 0.0638. The third-order valence-electron chi connectivity index (χ3n) is 4.44. The summed E-state index contributed by atoms with van der Waals surface area (Å²) in [6.45, 7) is 3.44. The van der Waals surface area contributed by atoms with Crippen molar-refractivity contribution in [1.82, 2.24) is 34.6 Å². The van der Waals surface area contributed by atoms with Crippen LogP contribution in [0.4, 0.5) is 13.2 Å². The van der Waals surface area contributed by atoms with E-state index in [2.05, 4.69) is 25.5 Å². The quantitative estimate of drug-likeness (QED) is 0.472. The predicted molar refractivity (Wildman–Crippen MR) is 101 cm³/mol. The smallest absolute Gasteiger partial charge is 0.305 e. The van der Waals surface area contributed by atoms with Gasteiger partial charge in [-0.15, -0.1) is 20.4 Å². The van der Waals surface area contributed by atoms with Gasteiger partial charge in [0.25, 0.3) is 5.82 Å². The Labute approximate surface area is 171 Å². The van der Waals surface area contributed by atoms with E-state index in [0.717, 1.165) is 16.3 Å². The van der Waals surface area contributed by atoms with E-state index in [-0.39, 0.29) is 5.65 Å². The molecule has 7 nitrogen and oxygen atoms in total. The molecule has 3 heterocycles. The van der Waals surface area contributed by atoms with E-state index in [9.17, 15) is 13.2 Å². The van der Waals surface area contributed by atoms with E-state index in [0.29, 0.717) is 37.7 Å². The highest BCUT2D eigenvalue weighted by molar-refractivity contribution is 7.99. The number of hydrogen-bond acceptors (Lipinski definition) is 6. The van der Waals surface area contributed by atoms with Gasteiger partial charge in [-0.3, -0.25) is 0 Å². The lowest BCUT2D eigenvalue weighted by molar-refractivity contribution is -0.146. The van der Waals surface area contributed by atoms with Crippen LogP contribution in [0.5, 0.6) is 0 Å². The zero-order chi connectivity index (χ0) is 20.9. The molecular weight excluding hydrogens is 427 g/mol. The molecule has 0 radical (unpaired) electrons. The van der Waals surface area contributed by atoms with E-state index < -0.39 is 12.0 Å². The molecule has 0 aliphatic rings. The number of alkyl halides is 3. The molecule has 0 saturated carbocycles. The van der Waals surface area contributed by atoms with Crippen LogP contribution in [0, 0.1) is 13.8 Å². The fraction of sp³-hybridized carbons (Fsp3) is 0.235. The summed E-state index contributed by atoms with van der Waals surface area (Å²) in [6, 6.07) is 7.19. The maximum absolute atomic E-state index is 13.2. The van der Waals surface area contributed by atoms with Gasteiger partial charge in [-0.1, -0.05) is 23.7 Å². The molecule has 0 aliphatic heterocycles. The molecule has 1 aromatic carbocycles. The van der Waals surface area contributed by atoms with Crippen LogP contribution < -0.4 is 0 Å². The molecule has 0 spiro atoms. The minimum atomic E-state index is -4.67. The maximum Gasteiger partial charge on any atom is 0.453 e. The van der Waals surface area contributed by atoms with Crippen molar-refractivity contribution in [2.24, 2.45) is 7.05 Å². The van der Waals surface area contributed by atoms with Gasteiger partial charge in [0.1, 0.15) is 5.03 Å². The van der Waals surface area contributed by atoms with Crippen LogP contribution in [0.1, 0.15) is 17.0 Å². The molecule has 0 saturated heterocycles. The summed E-state index contributed by atoms with van der Waals surface area (Å²) >= 11 is 7.34. The van der Waals surface area contributed by atoms with Gasteiger partial charge in [-0.25, -0.2) is 0 Å². The van der Waals surface area contributed by atoms with Crippen molar-refractivity contribution in [1.29, 1.82) is 0 Å². The molecule has 0 N–H and O–H groups in total. The van der Waals surface area contributed by atoms with Gasteiger partial charge in [0.15, 0.2) is 16.6 Å². The Morgan fingerprint density at radius 3 is 2.41 bits per heavy atom. The van der Waals surface area contributed by atoms with Crippen molar-refractivity contribution in [3.05, 3.63) is 46.2 Å². The number of fused-ring (bicyclic) bond motifs is 1. The molecule has 4 rings (SSSR count). The first-order chi connectivity index (χ1) is 13.7. The Morgan fingerprint density at radius 1 is 1.00 bits per heavy atom. The van der Waals surface area contributed by atoms with Crippen molar-refractivity contribution in [2.75, 3.05) is 0 Å². The number of aromatic nitrogens is 7. The van der Waals surface area contributed by atoms with Gasteiger partial charge in [0.2, 0.25) is 0 Å². The molecule has 3 aromatic heterocycles. The average Bonchev–Trinajstić information content (AvgIpc) is 3.24. The number of hydrogen-bond donors (Lipinski definition) is 0. The lowest BCUT2D eigenvalue weighted by Crippen LogP contribution is -2.13. The Bertz CT molecular complexity index is 1230. The summed E-state index contributed by atoms with van der Waals surface area (Å²) in [5.41, 5.74) is 2.00. The zero-order valence-corrected chi connectivity index (χ0v) is 16.9. The van der Waals surface area contributed by atoms with E-state index in [1.54, 1.807) is 37.6 Å². The van der Waals surface area contributed by atoms with E-state index in [1.807, 2.05) is 12.1 Å². The number of nitrogens with zero attached hydrogens (tertiary/aromatic N) is 7. The summed E-state index contributed by atoms with van der Waals surface area (Å²) in [7, 11) is 1.75. The first-order valence-electron chi connectivity index (χ1n) is 8.30. The fourth-order valence-corrected chi connectivity index (χ4v) is 3.87. The second-order valence-electron chi connectivity index (χ2n) is 6.26. The third-order valence-corrected chi connectivity index (χ3v) is 5.89. The monoisotopic (exact) mass is 439 g/mol. The molecule has 0 atom stereocenters. The number of benzene rings is 1. The molecule has 0 unspecified atom stereocenters. The minimum Gasteiger partial charge on any atom is -0.305 e. The number of aryl methyl sites for hydroxylation is 1. The van der Waals surface area contributed by atoms with Crippen LogP contribution in [0.25, 0.3) is 17.0 Å². The molecule has 12 heteroatoms. The van der Waals surface area contributed by atoms with Gasteiger partial charge in [0, 0.05) is 18.2 Å². The zero-order valence-electron chi connectivity index (χ0n) is 15.4. The van der Waals surface area contributed by atoms with E-state index >= 15 is 0 Å². The summed E-state index contributed by atoms with van der Waals surface area (Å²) in [6.07, 6.45) is -4.67. The van der Waals surface area contributed by atoms with E-state index in [4.69, 9.17) is 11.6 Å². The molecule has 4 aromatic rings. The SMILES string of the molecule is Cc1c(Sc2nnc(-c3ccccc3Cl)n2C)nn2c(C(F)(F)F)nnc2c1C. The summed E-state index contributed by atoms with van der Waals surface area (Å²) in [4.78, 5) is 0. The Kier molecular flexibility index (Phi) is 4.74. The molecular formula is C17H13ClF3N7S. The average molecular weight is 440 g/mol. The van der Waals surface area contributed by atoms with Gasteiger partial charge in [-0.2, -0.15) is 22.8 Å². The highest BCUT2D eigenvalue weighted by atomic mass is 35.5. The Balaban J connectivity index is 1.79. The second-order valence-corrected chi connectivity index (χ2v) is 7.62. The maximum atomic E-state index is 13.2. The van der Waals surface area contributed by atoms with Crippen LogP contribution in [0.15, 0.2) is 34.4 Å². The highest BCUT2D eigenvalue weighted by Crippen LogP contribution is 2.34. The summed E-state index contributed by atoms with van der Waals surface area (Å²) in [5.74, 6) is -0.638. The lowest BCUT2D eigenvalue weighted by Gasteiger charge is -2.10. The van der Waals surface area contributed by atoms with Crippen molar-refractivity contribution < 1.29 is 13.2 Å². The molecule has 0 aliphatic carbocycles. The first kappa shape index (κ1) is 19.6.